The molecule has 0 saturated carbocycles. The van der Waals surface area contributed by atoms with Crippen molar-refractivity contribution in [3.63, 3.8) is 0 Å². The Bertz CT molecular complexity index is 203. The van der Waals surface area contributed by atoms with Gasteiger partial charge in [-0.05, 0) is 32.3 Å². The van der Waals surface area contributed by atoms with E-state index in [4.69, 9.17) is 0 Å². The van der Waals surface area contributed by atoms with Gasteiger partial charge in [-0.15, -0.1) is 0 Å². The molecule has 0 amide bonds. The molecule has 0 bridgehead atoms. The molecule has 1 heteroatoms. The maximum Gasteiger partial charge on any atom is 0.0301 e. The minimum absolute atomic E-state index is 0.559. The van der Waals surface area contributed by atoms with Crippen molar-refractivity contribution in [2.45, 2.75) is 34.6 Å². The van der Waals surface area contributed by atoms with Crippen LogP contribution in [0, 0.1) is 5.92 Å². The molecule has 0 unspecified atom stereocenters. The first-order chi connectivity index (χ1) is 5.59. The third-order valence-electron chi connectivity index (χ3n) is 1.65. The fraction of sp³-hybridized carbons (Fsp3) is 0.545. The zero-order chi connectivity index (χ0) is 9.56. The molecule has 0 aromatic rings. The Morgan fingerprint density at radius 3 is 2.17 bits per heavy atom. The van der Waals surface area contributed by atoms with Gasteiger partial charge in [0.05, 0.1) is 0 Å². The van der Waals surface area contributed by atoms with Gasteiger partial charge in [-0.1, -0.05) is 25.5 Å². The minimum Gasteiger partial charge on any atom is -0.265 e. The lowest BCUT2D eigenvalue weighted by Crippen LogP contribution is -1.97. The molecule has 68 valence electrons. The van der Waals surface area contributed by atoms with Crippen LogP contribution in [0.5, 0.6) is 0 Å². The van der Waals surface area contributed by atoms with Crippen molar-refractivity contribution >= 4 is 6.21 Å². The fourth-order valence-corrected chi connectivity index (χ4v) is 1.06. The van der Waals surface area contributed by atoms with Crippen molar-refractivity contribution in [3.05, 3.63) is 23.4 Å². The number of hydrogen-bond acceptors (Lipinski definition) is 1. The van der Waals surface area contributed by atoms with E-state index in [0.29, 0.717) is 5.92 Å². The van der Waals surface area contributed by atoms with Gasteiger partial charge in [0, 0.05) is 12.4 Å². The average Bonchev–Trinajstić information content (AvgIpc) is 1.96. The molecule has 12 heavy (non-hydrogen) atoms. The summed E-state index contributed by atoms with van der Waals surface area (Å²) in [7, 11) is 0. The zero-order valence-electron chi connectivity index (χ0n) is 8.76. The number of rotatable bonds is 3. The second kappa shape index (κ2) is 5.76. The average molecular weight is 165 g/mol. The van der Waals surface area contributed by atoms with Gasteiger partial charge in [0.2, 0.25) is 0 Å². The van der Waals surface area contributed by atoms with Crippen LogP contribution in [0.1, 0.15) is 34.6 Å². The summed E-state index contributed by atoms with van der Waals surface area (Å²) < 4.78 is 0. The van der Waals surface area contributed by atoms with Crippen LogP contribution >= 0.6 is 0 Å². The predicted molar refractivity (Wildman–Crippen MR) is 56.5 cm³/mol. The summed E-state index contributed by atoms with van der Waals surface area (Å²) in [6, 6.07) is 0. The van der Waals surface area contributed by atoms with E-state index in [1.165, 1.54) is 11.1 Å². The van der Waals surface area contributed by atoms with E-state index in [2.05, 4.69) is 32.7 Å². The standard InChI is InChI=1S/C11H19N/c1-6-7-12-8-11(9(2)3)10(4)5/h6-9H,1-5H3/b7-6-,12-8-. The molecule has 0 aliphatic heterocycles. The van der Waals surface area contributed by atoms with E-state index in [0.717, 1.165) is 0 Å². The fourth-order valence-electron chi connectivity index (χ4n) is 1.06. The van der Waals surface area contributed by atoms with Crippen molar-refractivity contribution < 1.29 is 0 Å². The lowest BCUT2D eigenvalue weighted by molar-refractivity contribution is 0.795. The van der Waals surface area contributed by atoms with Crippen molar-refractivity contribution in [1.82, 2.24) is 0 Å². The highest BCUT2D eigenvalue weighted by molar-refractivity contribution is 5.80. The first-order valence-electron chi connectivity index (χ1n) is 4.41. The van der Waals surface area contributed by atoms with Gasteiger partial charge in [-0.25, -0.2) is 0 Å². The van der Waals surface area contributed by atoms with Gasteiger partial charge >= 0.3 is 0 Å². The van der Waals surface area contributed by atoms with E-state index in [-0.39, 0.29) is 0 Å². The van der Waals surface area contributed by atoms with Crippen LogP contribution in [0.2, 0.25) is 0 Å². The predicted octanol–water partition coefficient (Wildman–Crippen LogP) is 3.58. The third kappa shape index (κ3) is 4.12. The molecule has 0 saturated heterocycles. The normalized spacial score (nSPS) is 11.8. The largest absolute Gasteiger partial charge is 0.265 e. The molecule has 0 N–H and O–H groups in total. The van der Waals surface area contributed by atoms with Crippen molar-refractivity contribution in [2.75, 3.05) is 0 Å². The monoisotopic (exact) mass is 165 g/mol. The summed E-state index contributed by atoms with van der Waals surface area (Å²) in [4.78, 5) is 4.17. The number of hydrogen-bond donors (Lipinski definition) is 0. The Morgan fingerprint density at radius 1 is 1.25 bits per heavy atom. The molecule has 0 atom stereocenters. The minimum atomic E-state index is 0.559. The molecular formula is C11H19N. The second-order valence-corrected chi connectivity index (χ2v) is 3.37. The molecule has 0 aromatic heterocycles. The summed E-state index contributed by atoms with van der Waals surface area (Å²) in [6.07, 6.45) is 5.69. The molecule has 0 fully saturated rings. The van der Waals surface area contributed by atoms with Gasteiger partial charge in [0.1, 0.15) is 0 Å². The van der Waals surface area contributed by atoms with Gasteiger partial charge in [0.15, 0.2) is 0 Å². The van der Waals surface area contributed by atoms with Crippen molar-refractivity contribution in [3.8, 4) is 0 Å². The summed E-state index contributed by atoms with van der Waals surface area (Å²) >= 11 is 0. The summed E-state index contributed by atoms with van der Waals surface area (Å²) in [6.45, 7) is 10.6. The molecule has 0 rings (SSSR count). The molecule has 0 spiro atoms. The van der Waals surface area contributed by atoms with Gasteiger partial charge in [-0.2, -0.15) is 0 Å². The van der Waals surface area contributed by atoms with E-state index < -0.39 is 0 Å². The molecule has 0 aliphatic carbocycles. The Labute approximate surface area is 75.9 Å². The smallest absolute Gasteiger partial charge is 0.0301 e. The zero-order valence-corrected chi connectivity index (χ0v) is 8.76. The van der Waals surface area contributed by atoms with E-state index in [9.17, 15) is 0 Å². The SMILES string of the molecule is C/C=C\N=C/C(=C(C)C)C(C)C. The highest BCUT2D eigenvalue weighted by Crippen LogP contribution is 2.11. The number of nitrogens with zero attached hydrogens (tertiary/aromatic N) is 1. The maximum absolute atomic E-state index is 4.17. The van der Waals surface area contributed by atoms with Crippen LogP contribution in [-0.2, 0) is 0 Å². The van der Waals surface area contributed by atoms with Crippen molar-refractivity contribution in [2.24, 2.45) is 10.9 Å². The van der Waals surface area contributed by atoms with E-state index in [1.807, 2.05) is 25.4 Å². The van der Waals surface area contributed by atoms with Crippen LogP contribution in [-0.4, -0.2) is 6.21 Å². The molecule has 0 aliphatic rings. The van der Waals surface area contributed by atoms with Crippen LogP contribution in [0.25, 0.3) is 0 Å². The topological polar surface area (TPSA) is 12.4 Å². The Morgan fingerprint density at radius 2 is 1.83 bits per heavy atom. The van der Waals surface area contributed by atoms with Crippen LogP contribution in [0.15, 0.2) is 28.4 Å². The Hall–Kier alpha value is -0.850. The van der Waals surface area contributed by atoms with Gasteiger partial charge in [-0.3, -0.25) is 4.99 Å². The molecule has 0 heterocycles. The number of allylic oxidation sites excluding steroid dienone is 3. The number of aliphatic imine (C=N–C) groups is 1. The molecular weight excluding hydrogens is 146 g/mol. The summed E-state index contributed by atoms with van der Waals surface area (Å²) in [5, 5.41) is 0. The summed E-state index contributed by atoms with van der Waals surface area (Å²) in [5.74, 6) is 0.559. The second-order valence-electron chi connectivity index (χ2n) is 3.37. The molecule has 1 nitrogen and oxygen atoms in total. The summed E-state index contributed by atoms with van der Waals surface area (Å²) in [5.41, 5.74) is 2.67. The first kappa shape index (κ1) is 11.2. The van der Waals surface area contributed by atoms with Gasteiger partial charge in [0.25, 0.3) is 0 Å². The lowest BCUT2D eigenvalue weighted by atomic mass is 10.0. The maximum atomic E-state index is 4.17. The van der Waals surface area contributed by atoms with Crippen LogP contribution < -0.4 is 0 Å². The van der Waals surface area contributed by atoms with E-state index >= 15 is 0 Å². The quantitative estimate of drug-likeness (QED) is 0.567. The Kier molecular flexibility index (Phi) is 5.35. The third-order valence-corrected chi connectivity index (χ3v) is 1.65. The van der Waals surface area contributed by atoms with Crippen LogP contribution in [0.4, 0.5) is 0 Å². The van der Waals surface area contributed by atoms with E-state index in [1.54, 1.807) is 0 Å². The Balaban J connectivity index is 4.47. The first-order valence-corrected chi connectivity index (χ1v) is 4.41. The lowest BCUT2D eigenvalue weighted by Gasteiger charge is -2.07. The van der Waals surface area contributed by atoms with Crippen LogP contribution in [0.3, 0.4) is 0 Å². The highest BCUT2D eigenvalue weighted by atomic mass is 14.7. The van der Waals surface area contributed by atoms with Gasteiger partial charge < -0.3 is 0 Å². The molecule has 0 aromatic carbocycles. The highest BCUT2D eigenvalue weighted by Gasteiger charge is 2.00. The van der Waals surface area contributed by atoms with Crippen molar-refractivity contribution in [1.29, 1.82) is 0 Å². The molecule has 0 radical (unpaired) electrons.